The van der Waals surface area contributed by atoms with E-state index >= 15 is 0 Å². The fraction of sp³-hybridized carbons (Fsp3) is 0.300. The highest BCUT2D eigenvalue weighted by atomic mass is 35.5. The van der Waals surface area contributed by atoms with Crippen molar-refractivity contribution < 1.29 is 22.7 Å². The number of hydrogen-bond acceptors (Lipinski definition) is 5. The van der Waals surface area contributed by atoms with Gasteiger partial charge in [0.2, 0.25) is 15.9 Å². The summed E-state index contributed by atoms with van der Waals surface area (Å²) in [4.78, 5) is 24.8. The number of piperidine rings is 1. The molecular weight excluding hydrogens is 416 g/mol. The predicted octanol–water partition coefficient (Wildman–Crippen LogP) is 3.17. The Morgan fingerprint density at radius 1 is 1.14 bits per heavy atom. The molecule has 1 atom stereocenters. The van der Waals surface area contributed by atoms with Crippen molar-refractivity contribution in [3.05, 3.63) is 59.1 Å². The van der Waals surface area contributed by atoms with Gasteiger partial charge in [0, 0.05) is 18.1 Å². The maximum atomic E-state index is 12.9. The zero-order chi connectivity index (χ0) is 21.0. The zero-order valence-corrected chi connectivity index (χ0v) is 17.4. The fourth-order valence-electron chi connectivity index (χ4n) is 3.25. The first-order chi connectivity index (χ1) is 13.8. The molecule has 1 saturated heterocycles. The molecule has 1 N–H and O–H groups in total. The first-order valence-electron chi connectivity index (χ1n) is 9.07. The number of methoxy groups -OCH3 is 1. The van der Waals surface area contributed by atoms with Crippen LogP contribution in [0.3, 0.4) is 0 Å². The summed E-state index contributed by atoms with van der Waals surface area (Å²) in [5.74, 6) is -1.43. The van der Waals surface area contributed by atoms with E-state index in [0.29, 0.717) is 30.1 Å². The lowest BCUT2D eigenvalue weighted by molar-refractivity contribution is -0.120. The number of carbonyl (C=O) groups excluding carboxylic acids is 2. The van der Waals surface area contributed by atoms with E-state index in [4.69, 9.17) is 16.3 Å². The summed E-state index contributed by atoms with van der Waals surface area (Å²) in [6, 6.07) is 12.5. The van der Waals surface area contributed by atoms with E-state index in [1.54, 1.807) is 24.3 Å². The van der Waals surface area contributed by atoms with Gasteiger partial charge in [-0.3, -0.25) is 4.79 Å². The van der Waals surface area contributed by atoms with Crippen molar-refractivity contribution in [2.24, 2.45) is 5.92 Å². The minimum atomic E-state index is -3.72. The molecular formula is C20H21ClN2O5S. The molecule has 1 unspecified atom stereocenters. The van der Waals surface area contributed by atoms with Gasteiger partial charge in [0.25, 0.3) is 0 Å². The number of ether oxygens (including phenoxy) is 1. The number of sulfonamides is 1. The van der Waals surface area contributed by atoms with Crippen molar-refractivity contribution in [1.82, 2.24) is 4.31 Å². The standard InChI is InChI=1S/C20H21ClN2O5S/c1-28-20(25)17-6-2-3-7-18(17)22-19(24)14-5-4-12-23(13-14)29(26,27)16-10-8-15(21)9-11-16/h2-3,6-11,14H,4-5,12-13H2,1H3,(H,22,24). The van der Waals surface area contributed by atoms with Crippen LogP contribution in [0.2, 0.25) is 5.02 Å². The molecule has 2 aromatic carbocycles. The monoisotopic (exact) mass is 436 g/mol. The minimum absolute atomic E-state index is 0.0667. The third-order valence-electron chi connectivity index (χ3n) is 4.80. The Bertz CT molecular complexity index is 1010. The van der Waals surface area contributed by atoms with Crippen LogP contribution >= 0.6 is 11.6 Å². The average Bonchev–Trinajstić information content (AvgIpc) is 2.74. The van der Waals surface area contributed by atoms with Crippen LogP contribution in [0.4, 0.5) is 5.69 Å². The van der Waals surface area contributed by atoms with Crippen LogP contribution in [-0.4, -0.2) is 44.8 Å². The SMILES string of the molecule is COC(=O)c1ccccc1NC(=O)C1CCCN(S(=O)(=O)c2ccc(Cl)cc2)C1. The Morgan fingerprint density at radius 3 is 2.52 bits per heavy atom. The molecule has 7 nitrogen and oxygen atoms in total. The Labute approximate surface area is 174 Å². The summed E-state index contributed by atoms with van der Waals surface area (Å²) in [7, 11) is -2.46. The van der Waals surface area contributed by atoms with Crippen molar-refractivity contribution in [1.29, 1.82) is 0 Å². The molecule has 1 fully saturated rings. The Kier molecular flexibility index (Phi) is 6.56. The molecule has 0 aliphatic carbocycles. The number of esters is 1. The quantitative estimate of drug-likeness (QED) is 0.726. The molecule has 0 saturated carbocycles. The van der Waals surface area contributed by atoms with Crippen LogP contribution in [0.5, 0.6) is 0 Å². The van der Waals surface area contributed by atoms with E-state index in [9.17, 15) is 18.0 Å². The van der Waals surface area contributed by atoms with Crippen LogP contribution < -0.4 is 5.32 Å². The van der Waals surface area contributed by atoms with Gasteiger partial charge >= 0.3 is 5.97 Å². The molecule has 29 heavy (non-hydrogen) atoms. The second kappa shape index (κ2) is 8.94. The van der Waals surface area contributed by atoms with Crippen LogP contribution in [0.25, 0.3) is 0 Å². The highest BCUT2D eigenvalue weighted by molar-refractivity contribution is 7.89. The van der Waals surface area contributed by atoms with Crippen molar-refractivity contribution in [3.8, 4) is 0 Å². The van der Waals surface area contributed by atoms with Gasteiger partial charge in [0.1, 0.15) is 0 Å². The summed E-state index contributed by atoms with van der Waals surface area (Å²) in [5.41, 5.74) is 0.576. The maximum absolute atomic E-state index is 12.9. The molecule has 1 aliphatic heterocycles. The van der Waals surface area contributed by atoms with Crippen LogP contribution in [0.1, 0.15) is 23.2 Å². The zero-order valence-electron chi connectivity index (χ0n) is 15.8. The summed E-state index contributed by atoms with van der Waals surface area (Å²) >= 11 is 5.84. The highest BCUT2D eigenvalue weighted by Gasteiger charge is 2.33. The maximum Gasteiger partial charge on any atom is 0.339 e. The number of nitrogens with one attached hydrogen (secondary N) is 1. The highest BCUT2D eigenvalue weighted by Crippen LogP contribution is 2.26. The lowest BCUT2D eigenvalue weighted by atomic mass is 9.98. The smallest absolute Gasteiger partial charge is 0.339 e. The summed E-state index contributed by atoms with van der Waals surface area (Å²) in [5, 5.41) is 3.18. The van der Waals surface area contributed by atoms with Gasteiger partial charge in [-0.15, -0.1) is 0 Å². The first-order valence-corrected chi connectivity index (χ1v) is 10.9. The normalized spacial score (nSPS) is 17.5. The Morgan fingerprint density at radius 2 is 1.83 bits per heavy atom. The first kappa shape index (κ1) is 21.3. The molecule has 1 aliphatic rings. The Balaban J connectivity index is 1.75. The molecule has 0 bridgehead atoms. The lowest BCUT2D eigenvalue weighted by Gasteiger charge is -2.31. The molecule has 1 heterocycles. The third-order valence-corrected chi connectivity index (χ3v) is 6.93. The largest absolute Gasteiger partial charge is 0.465 e. The summed E-state index contributed by atoms with van der Waals surface area (Å²) < 4.78 is 31.8. The molecule has 3 rings (SSSR count). The second-order valence-electron chi connectivity index (χ2n) is 6.68. The number of benzene rings is 2. The summed E-state index contributed by atoms with van der Waals surface area (Å²) in [6.07, 6.45) is 1.11. The second-order valence-corrected chi connectivity index (χ2v) is 9.06. The molecule has 9 heteroatoms. The van der Waals surface area contributed by atoms with E-state index in [1.165, 1.54) is 35.7 Å². The van der Waals surface area contributed by atoms with Gasteiger partial charge in [-0.2, -0.15) is 4.31 Å². The number of nitrogens with zero attached hydrogens (tertiary/aromatic N) is 1. The van der Waals surface area contributed by atoms with Gasteiger partial charge < -0.3 is 10.1 Å². The number of halogens is 1. The molecule has 0 radical (unpaired) electrons. The third kappa shape index (κ3) is 4.77. The molecule has 154 valence electrons. The fourth-order valence-corrected chi connectivity index (χ4v) is 4.90. The molecule has 0 aromatic heterocycles. The predicted molar refractivity (Wildman–Crippen MR) is 109 cm³/mol. The number of anilines is 1. The minimum Gasteiger partial charge on any atom is -0.465 e. The topological polar surface area (TPSA) is 92.8 Å². The van der Waals surface area contributed by atoms with Gasteiger partial charge in [-0.25, -0.2) is 13.2 Å². The van der Waals surface area contributed by atoms with E-state index in [0.717, 1.165) is 0 Å². The Hall–Kier alpha value is -2.42. The van der Waals surface area contributed by atoms with Crippen LogP contribution in [0.15, 0.2) is 53.4 Å². The molecule has 0 spiro atoms. The van der Waals surface area contributed by atoms with Crippen molar-refractivity contribution in [2.45, 2.75) is 17.7 Å². The summed E-state index contributed by atoms with van der Waals surface area (Å²) in [6.45, 7) is 0.407. The lowest BCUT2D eigenvalue weighted by Crippen LogP contribution is -2.43. The number of hydrogen-bond donors (Lipinski definition) is 1. The van der Waals surface area contributed by atoms with E-state index in [-0.39, 0.29) is 22.9 Å². The van der Waals surface area contributed by atoms with Gasteiger partial charge in [0.05, 0.1) is 29.2 Å². The van der Waals surface area contributed by atoms with Crippen molar-refractivity contribution in [3.63, 3.8) is 0 Å². The van der Waals surface area contributed by atoms with Crippen LogP contribution in [-0.2, 0) is 19.6 Å². The average molecular weight is 437 g/mol. The van der Waals surface area contributed by atoms with Crippen molar-refractivity contribution in [2.75, 3.05) is 25.5 Å². The van der Waals surface area contributed by atoms with Gasteiger partial charge in [-0.1, -0.05) is 23.7 Å². The molecule has 1 amide bonds. The van der Waals surface area contributed by atoms with Crippen LogP contribution in [0, 0.1) is 5.92 Å². The number of rotatable bonds is 5. The van der Waals surface area contributed by atoms with E-state index in [1.807, 2.05) is 0 Å². The van der Waals surface area contributed by atoms with Gasteiger partial charge in [0.15, 0.2) is 0 Å². The number of amides is 1. The van der Waals surface area contributed by atoms with E-state index in [2.05, 4.69) is 5.32 Å². The van der Waals surface area contributed by atoms with Crippen molar-refractivity contribution >= 4 is 39.2 Å². The molecule has 2 aromatic rings. The number of para-hydroxylation sites is 1. The van der Waals surface area contributed by atoms with Gasteiger partial charge in [-0.05, 0) is 49.2 Å². The number of carbonyl (C=O) groups is 2. The van der Waals surface area contributed by atoms with E-state index < -0.39 is 21.9 Å².